The first-order chi connectivity index (χ1) is 6.83. The lowest BCUT2D eigenvalue weighted by atomic mass is 10.1. The van der Waals surface area contributed by atoms with Crippen molar-refractivity contribution in [2.24, 2.45) is 7.05 Å². The zero-order valence-electron chi connectivity index (χ0n) is 7.75. The molecule has 0 aliphatic carbocycles. The van der Waals surface area contributed by atoms with Crippen LogP contribution in [0.3, 0.4) is 0 Å². The summed E-state index contributed by atoms with van der Waals surface area (Å²) in [5.74, 6) is 0. The summed E-state index contributed by atoms with van der Waals surface area (Å²) < 4.78 is 1.64. The summed E-state index contributed by atoms with van der Waals surface area (Å²) in [5.41, 5.74) is 2.50. The topological polar surface area (TPSA) is 63.8 Å². The fourth-order valence-electron chi connectivity index (χ4n) is 1.33. The second-order valence-corrected chi connectivity index (χ2v) is 2.91. The Balaban J connectivity index is 2.52. The van der Waals surface area contributed by atoms with Gasteiger partial charge in [-0.15, -0.1) is 0 Å². The molecule has 2 aromatic heterocycles. The van der Waals surface area contributed by atoms with Crippen LogP contribution in [0.15, 0.2) is 24.9 Å². The van der Waals surface area contributed by atoms with Gasteiger partial charge < -0.3 is 5.11 Å². The van der Waals surface area contributed by atoms with Gasteiger partial charge in [0.1, 0.15) is 6.33 Å². The van der Waals surface area contributed by atoms with Crippen molar-refractivity contribution in [1.82, 2.24) is 19.7 Å². The van der Waals surface area contributed by atoms with Gasteiger partial charge >= 0.3 is 0 Å². The van der Waals surface area contributed by atoms with E-state index in [1.54, 1.807) is 30.3 Å². The zero-order chi connectivity index (χ0) is 9.97. The normalized spacial score (nSPS) is 10.4. The molecule has 0 bridgehead atoms. The van der Waals surface area contributed by atoms with Crippen molar-refractivity contribution in [3.63, 3.8) is 0 Å². The molecule has 2 heterocycles. The van der Waals surface area contributed by atoms with Crippen molar-refractivity contribution in [3.05, 3.63) is 30.6 Å². The maximum absolute atomic E-state index is 9.15. The van der Waals surface area contributed by atoms with Gasteiger partial charge in [-0.3, -0.25) is 4.68 Å². The van der Waals surface area contributed by atoms with Gasteiger partial charge in [0.25, 0.3) is 0 Å². The molecule has 2 rings (SSSR count). The fourth-order valence-corrected chi connectivity index (χ4v) is 1.33. The molecule has 2 aromatic rings. The Morgan fingerprint density at radius 1 is 1.29 bits per heavy atom. The Bertz CT molecular complexity index is 424. The smallest absolute Gasteiger partial charge is 0.115 e. The number of nitrogens with zero attached hydrogens (tertiary/aromatic N) is 4. The van der Waals surface area contributed by atoms with Crippen LogP contribution in [0.1, 0.15) is 5.69 Å². The largest absolute Gasteiger partial charge is 0.390 e. The molecule has 5 nitrogen and oxygen atoms in total. The van der Waals surface area contributed by atoms with E-state index in [4.69, 9.17) is 5.11 Å². The summed E-state index contributed by atoms with van der Waals surface area (Å²) in [7, 11) is 1.79. The third-order valence-electron chi connectivity index (χ3n) is 2.08. The maximum Gasteiger partial charge on any atom is 0.115 e. The number of aromatic nitrogens is 4. The first kappa shape index (κ1) is 8.83. The van der Waals surface area contributed by atoms with Crippen molar-refractivity contribution in [1.29, 1.82) is 0 Å². The highest BCUT2D eigenvalue weighted by Gasteiger charge is 2.09. The minimum absolute atomic E-state index is 0.0409. The minimum Gasteiger partial charge on any atom is -0.390 e. The lowest BCUT2D eigenvalue weighted by molar-refractivity contribution is 0.271. The molecular weight excluding hydrogens is 180 g/mol. The molecule has 0 saturated carbocycles. The first-order valence-corrected chi connectivity index (χ1v) is 4.20. The SMILES string of the molecule is Cn1ncc(-c2cncnc2)c1CO. The summed E-state index contributed by atoms with van der Waals surface area (Å²) in [5, 5.41) is 13.2. The van der Waals surface area contributed by atoms with Gasteiger partial charge in [-0.1, -0.05) is 0 Å². The molecule has 0 fully saturated rings. The number of aliphatic hydroxyl groups is 1. The number of aliphatic hydroxyl groups excluding tert-OH is 1. The monoisotopic (exact) mass is 190 g/mol. The first-order valence-electron chi connectivity index (χ1n) is 4.20. The Morgan fingerprint density at radius 3 is 2.64 bits per heavy atom. The highest BCUT2D eigenvalue weighted by atomic mass is 16.3. The molecule has 5 heteroatoms. The van der Waals surface area contributed by atoms with Gasteiger partial charge in [-0.25, -0.2) is 9.97 Å². The van der Waals surface area contributed by atoms with E-state index in [2.05, 4.69) is 15.1 Å². The summed E-state index contributed by atoms with van der Waals surface area (Å²) in [6, 6.07) is 0. The molecule has 0 saturated heterocycles. The van der Waals surface area contributed by atoms with Crippen LogP contribution in [0.2, 0.25) is 0 Å². The van der Waals surface area contributed by atoms with Crippen LogP contribution in [0, 0.1) is 0 Å². The van der Waals surface area contributed by atoms with E-state index in [1.807, 2.05) is 0 Å². The van der Waals surface area contributed by atoms with Gasteiger partial charge in [-0.2, -0.15) is 5.10 Å². The molecule has 0 unspecified atom stereocenters. The van der Waals surface area contributed by atoms with Gasteiger partial charge in [0.2, 0.25) is 0 Å². The van der Waals surface area contributed by atoms with Crippen molar-refractivity contribution >= 4 is 0 Å². The van der Waals surface area contributed by atoms with E-state index in [0.29, 0.717) is 0 Å². The average Bonchev–Trinajstić information content (AvgIpc) is 2.61. The fraction of sp³-hybridized carbons (Fsp3) is 0.222. The Kier molecular flexibility index (Phi) is 2.24. The molecule has 0 aromatic carbocycles. The molecule has 0 atom stereocenters. The lowest BCUT2D eigenvalue weighted by Crippen LogP contribution is -1.98. The zero-order valence-corrected chi connectivity index (χ0v) is 7.75. The third-order valence-corrected chi connectivity index (χ3v) is 2.08. The summed E-state index contributed by atoms with van der Waals surface area (Å²) in [6.45, 7) is -0.0409. The standard InChI is InChI=1S/C9H10N4O/c1-13-9(5-14)8(4-12-13)7-2-10-6-11-3-7/h2-4,6,14H,5H2,1H3. The van der Waals surface area contributed by atoms with Crippen LogP contribution in [0.5, 0.6) is 0 Å². The van der Waals surface area contributed by atoms with E-state index in [-0.39, 0.29) is 6.61 Å². The van der Waals surface area contributed by atoms with Crippen molar-refractivity contribution < 1.29 is 5.11 Å². The number of hydrogen-bond acceptors (Lipinski definition) is 4. The second kappa shape index (κ2) is 3.55. The van der Waals surface area contributed by atoms with Crippen LogP contribution in [-0.4, -0.2) is 24.9 Å². The van der Waals surface area contributed by atoms with Crippen molar-refractivity contribution in [3.8, 4) is 11.1 Å². The molecule has 0 radical (unpaired) electrons. The third kappa shape index (κ3) is 1.38. The van der Waals surface area contributed by atoms with Crippen LogP contribution >= 0.6 is 0 Å². The number of rotatable bonds is 2. The molecule has 1 N–H and O–H groups in total. The van der Waals surface area contributed by atoms with Crippen LogP contribution in [0.25, 0.3) is 11.1 Å². The minimum atomic E-state index is -0.0409. The summed E-state index contributed by atoms with van der Waals surface area (Å²) in [4.78, 5) is 7.83. The molecule has 0 spiro atoms. The number of hydrogen-bond donors (Lipinski definition) is 1. The average molecular weight is 190 g/mol. The summed E-state index contributed by atoms with van der Waals surface area (Å²) >= 11 is 0. The van der Waals surface area contributed by atoms with Crippen molar-refractivity contribution in [2.75, 3.05) is 0 Å². The summed E-state index contributed by atoms with van der Waals surface area (Å²) in [6.07, 6.45) is 6.56. The van der Waals surface area contributed by atoms with Gasteiger partial charge in [0.15, 0.2) is 0 Å². The Labute approximate surface area is 81.1 Å². The highest BCUT2D eigenvalue weighted by molar-refractivity contribution is 5.63. The molecular formula is C9H10N4O. The molecule has 0 aliphatic heterocycles. The van der Waals surface area contributed by atoms with E-state index in [0.717, 1.165) is 16.8 Å². The maximum atomic E-state index is 9.15. The Morgan fingerprint density at radius 2 is 2.00 bits per heavy atom. The van der Waals surface area contributed by atoms with Gasteiger partial charge in [-0.05, 0) is 0 Å². The highest BCUT2D eigenvalue weighted by Crippen LogP contribution is 2.20. The van der Waals surface area contributed by atoms with Gasteiger partial charge in [0, 0.05) is 30.6 Å². The van der Waals surface area contributed by atoms with E-state index in [1.165, 1.54) is 6.33 Å². The predicted molar refractivity (Wildman–Crippen MR) is 50.2 cm³/mol. The second-order valence-electron chi connectivity index (χ2n) is 2.91. The number of aryl methyl sites for hydroxylation is 1. The molecule has 0 aliphatic rings. The van der Waals surface area contributed by atoms with E-state index >= 15 is 0 Å². The van der Waals surface area contributed by atoms with E-state index in [9.17, 15) is 0 Å². The molecule has 14 heavy (non-hydrogen) atoms. The van der Waals surface area contributed by atoms with Crippen LogP contribution in [0.4, 0.5) is 0 Å². The van der Waals surface area contributed by atoms with Crippen molar-refractivity contribution in [2.45, 2.75) is 6.61 Å². The molecule has 72 valence electrons. The van der Waals surface area contributed by atoms with Crippen LogP contribution in [-0.2, 0) is 13.7 Å². The predicted octanol–water partition coefficient (Wildman–Crippen LogP) is 0.369. The Hall–Kier alpha value is -1.75. The lowest BCUT2D eigenvalue weighted by Gasteiger charge is -2.01. The van der Waals surface area contributed by atoms with Gasteiger partial charge in [0.05, 0.1) is 18.5 Å². The van der Waals surface area contributed by atoms with E-state index < -0.39 is 0 Å². The van der Waals surface area contributed by atoms with Crippen LogP contribution < -0.4 is 0 Å². The molecule has 0 amide bonds. The quantitative estimate of drug-likeness (QED) is 0.743.